The lowest BCUT2D eigenvalue weighted by Gasteiger charge is -2.48. The topological polar surface area (TPSA) is 164 Å². The predicted octanol–water partition coefficient (Wildman–Crippen LogP) is -0.987. The predicted molar refractivity (Wildman–Crippen MR) is 95.8 cm³/mol. The highest BCUT2D eigenvalue weighted by atomic mass is 32.2. The van der Waals surface area contributed by atoms with Gasteiger partial charge in [-0.2, -0.15) is 0 Å². The first-order valence-electron chi connectivity index (χ1n) is 7.38. The smallest absolute Gasteiger partial charge is 0.353 e. The third kappa shape index (κ3) is 3.26. The Hall–Kier alpha value is -2.93. The van der Waals surface area contributed by atoms with Crippen LogP contribution in [0.1, 0.15) is 5.69 Å². The Morgan fingerprint density at radius 1 is 1.56 bits per heavy atom. The molecule has 27 heavy (non-hydrogen) atoms. The molecule has 3 rings (SSSR count). The van der Waals surface area contributed by atoms with E-state index < -0.39 is 29.2 Å². The molecule has 1 saturated heterocycles. The van der Waals surface area contributed by atoms with Crippen LogP contribution < -0.4 is 11.1 Å². The van der Waals surface area contributed by atoms with Crippen molar-refractivity contribution >= 4 is 58.0 Å². The average molecular weight is 411 g/mol. The molecule has 0 spiro atoms. The van der Waals surface area contributed by atoms with Crippen molar-refractivity contribution in [2.75, 3.05) is 18.6 Å². The molecule has 0 radical (unpaired) electrons. The molecule has 2 aliphatic rings. The van der Waals surface area contributed by atoms with Gasteiger partial charge >= 0.3 is 5.97 Å². The first-order valence-corrected chi connectivity index (χ1v) is 9.31. The number of aldehydes is 1. The summed E-state index contributed by atoms with van der Waals surface area (Å²) in [6.07, 6.45) is 0.419. The zero-order chi connectivity index (χ0) is 19.7. The van der Waals surface area contributed by atoms with Crippen molar-refractivity contribution < 1.29 is 29.1 Å². The lowest BCUT2D eigenvalue weighted by molar-refractivity contribution is -0.150. The van der Waals surface area contributed by atoms with Crippen LogP contribution in [0.2, 0.25) is 0 Å². The van der Waals surface area contributed by atoms with E-state index in [-0.39, 0.29) is 33.6 Å². The molecule has 0 saturated carbocycles. The highest BCUT2D eigenvalue weighted by Crippen LogP contribution is 2.39. The van der Waals surface area contributed by atoms with Crippen LogP contribution in [0.5, 0.6) is 0 Å². The van der Waals surface area contributed by atoms with Gasteiger partial charge in [-0.1, -0.05) is 5.16 Å². The zero-order valence-corrected chi connectivity index (χ0v) is 15.4. The summed E-state index contributed by atoms with van der Waals surface area (Å²) in [4.78, 5) is 57.0. The summed E-state index contributed by atoms with van der Waals surface area (Å²) in [6, 6.07) is -0.969. The summed E-state index contributed by atoms with van der Waals surface area (Å²) in [6.45, 7) is 0. The van der Waals surface area contributed by atoms with E-state index in [2.05, 4.69) is 20.3 Å². The van der Waals surface area contributed by atoms with Gasteiger partial charge in [0.05, 0.1) is 0 Å². The van der Waals surface area contributed by atoms with Gasteiger partial charge in [0, 0.05) is 16.7 Å². The number of aliphatic carboxylic acids is 1. The summed E-state index contributed by atoms with van der Waals surface area (Å²) in [5.74, 6) is -2.61. The molecule has 0 aromatic carbocycles. The summed E-state index contributed by atoms with van der Waals surface area (Å²) >= 11 is 2.29. The van der Waals surface area contributed by atoms with Crippen LogP contribution >= 0.6 is 23.1 Å². The number of fused-ring (bicyclic) bond motifs is 1. The molecule has 0 bridgehead atoms. The van der Waals surface area contributed by atoms with Gasteiger partial charge in [0.1, 0.15) is 36.2 Å². The lowest BCUT2D eigenvalue weighted by atomic mass is 10.0. The molecular weight excluding hydrogens is 398 g/mol. The van der Waals surface area contributed by atoms with E-state index in [1.807, 2.05) is 0 Å². The molecule has 4 N–H and O–H groups in total. The summed E-state index contributed by atoms with van der Waals surface area (Å²) in [5.41, 5.74) is 5.23. The van der Waals surface area contributed by atoms with Gasteiger partial charge in [-0.25, -0.2) is 9.78 Å². The van der Waals surface area contributed by atoms with Crippen LogP contribution in [0.4, 0.5) is 5.13 Å². The zero-order valence-electron chi connectivity index (χ0n) is 13.7. The number of nitrogens with one attached hydrogen (secondary N) is 1. The van der Waals surface area contributed by atoms with Crippen molar-refractivity contribution in [3.05, 3.63) is 22.3 Å². The number of nitrogens with two attached hydrogens (primary N) is 1. The minimum absolute atomic E-state index is 0.0152. The van der Waals surface area contributed by atoms with E-state index in [1.165, 1.54) is 24.3 Å². The van der Waals surface area contributed by atoms with E-state index in [1.54, 1.807) is 0 Å². The van der Waals surface area contributed by atoms with Crippen LogP contribution in [-0.4, -0.2) is 69.1 Å². The minimum Gasteiger partial charge on any atom is -0.477 e. The van der Waals surface area contributed by atoms with Gasteiger partial charge in [0.2, 0.25) is 0 Å². The van der Waals surface area contributed by atoms with Crippen LogP contribution in [0.15, 0.2) is 21.8 Å². The molecule has 2 aliphatic heterocycles. The fourth-order valence-corrected chi connectivity index (χ4v) is 4.47. The molecule has 0 aliphatic carbocycles. The molecule has 3 heterocycles. The maximum absolute atomic E-state index is 12.5. The van der Waals surface area contributed by atoms with E-state index in [0.29, 0.717) is 6.29 Å². The number of amides is 2. The highest BCUT2D eigenvalue weighted by Gasteiger charge is 2.54. The SMILES string of the molecule is CO/N=C(\C(=O)N[C@@H]1C(=O)N2C(C(=O)O)=C(C=O)CS[C@H]12)c1csc(N)n1. The number of carbonyl (C=O) groups is 4. The van der Waals surface area contributed by atoms with Crippen LogP contribution in [0, 0.1) is 0 Å². The molecule has 2 atom stereocenters. The third-order valence-corrected chi connectivity index (χ3v) is 5.77. The monoisotopic (exact) mass is 411 g/mol. The number of hydrogen-bond donors (Lipinski definition) is 3. The summed E-state index contributed by atoms with van der Waals surface area (Å²) < 4.78 is 0. The Labute approximate surface area is 160 Å². The number of oxime groups is 1. The second-order valence-corrected chi connectivity index (χ2v) is 7.35. The van der Waals surface area contributed by atoms with Gasteiger partial charge in [-0.15, -0.1) is 23.1 Å². The third-order valence-electron chi connectivity index (χ3n) is 3.79. The molecule has 1 aromatic rings. The van der Waals surface area contributed by atoms with Crippen molar-refractivity contribution in [3.63, 3.8) is 0 Å². The van der Waals surface area contributed by atoms with E-state index in [4.69, 9.17) is 5.73 Å². The number of nitrogens with zero attached hydrogens (tertiary/aromatic N) is 3. The van der Waals surface area contributed by atoms with Gasteiger partial charge in [-0.05, 0) is 0 Å². The van der Waals surface area contributed by atoms with Crippen molar-refractivity contribution in [1.29, 1.82) is 0 Å². The fourth-order valence-electron chi connectivity index (χ4n) is 2.64. The number of thiazole rings is 1. The molecule has 2 amide bonds. The van der Waals surface area contributed by atoms with E-state index >= 15 is 0 Å². The Balaban J connectivity index is 1.80. The Bertz CT molecular complexity index is 894. The normalized spacial score (nSPS) is 22.0. The first-order chi connectivity index (χ1) is 12.9. The van der Waals surface area contributed by atoms with Gasteiger partial charge in [-0.3, -0.25) is 19.3 Å². The number of aromatic nitrogens is 1. The molecule has 1 aromatic heterocycles. The lowest BCUT2D eigenvalue weighted by Crippen LogP contribution is -2.71. The first kappa shape index (κ1) is 18.8. The molecule has 11 nitrogen and oxygen atoms in total. The number of anilines is 1. The average Bonchev–Trinajstić information content (AvgIpc) is 3.08. The summed E-state index contributed by atoms with van der Waals surface area (Å²) in [5, 5.41) is 16.5. The maximum atomic E-state index is 12.5. The molecular formula is C14H13N5O6S2. The Kier molecular flexibility index (Phi) is 5.14. The second-order valence-electron chi connectivity index (χ2n) is 5.35. The highest BCUT2D eigenvalue weighted by molar-refractivity contribution is 8.00. The fraction of sp³-hybridized carbons (Fsp3) is 0.286. The van der Waals surface area contributed by atoms with Crippen molar-refractivity contribution in [2.24, 2.45) is 5.16 Å². The second kappa shape index (κ2) is 7.36. The number of nitrogen functional groups attached to an aromatic ring is 1. The number of carboxylic acid groups (broad SMARTS) is 1. The number of β-lactam (4-membered cyclic amide) rings is 1. The molecule has 1 fully saturated rings. The van der Waals surface area contributed by atoms with E-state index in [9.17, 15) is 24.3 Å². The number of rotatable bonds is 6. The number of carboxylic acids is 1. The van der Waals surface area contributed by atoms with Gasteiger partial charge in [0.25, 0.3) is 11.8 Å². The quantitative estimate of drug-likeness (QED) is 0.231. The Morgan fingerprint density at radius 3 is 2.85 bits per heavy atom. The van der Waals surface area contributed by atoms with Gasteiger partial charge < -0.3 is 21.0 Å². The molecule has 142 valence electrons. The number of thioether (sulfide) groups is 1. The molecule has 0 unspecified atom stereocenters. The van der Waals surface area contributed by atoms with E-state index in [0.717, 1.165) is 16.2 Å². The number of hydrogen-bond acceptors (Lipinski definition) is 10. The van der Waals surface area contributed by atoms with Crippen LogP contribution in [0.25, 0.3) is 0 Å². The standard InChI is InChI=1S/C14H13N5O6S2/c1-25-18-7(6-4-27-14(15)16-6)10(21)17-8-11(22)19-9(13(23)24)5(2-20)3-26-12(8)19/h2,4,8,12H,3H2,1H3,(H2,15,16)(H,17,21)(H,23,24)/b18-7-/t8-,12-/m1/s1. The largest absolute Gasteiger partial charge is 0.477 e. The van der Waals surface area contributed by atoms with Crippen molar-refractivity contribution in [2.45, 2.75) is 11.4 Å². The van der Waals surface area contributed by atoms with Crippen molar-refractivity contribution in [1.82, 2.24) is 15.2 Å². The minimum atomic E-state index is -1.37. The number of carbonyl (C=O) groups excluding carboxylic acids is 3. The van der Waals surface area contributed by atoms with Gasteiger partial charge in [0.15, 0.2) is 10.8 Å². The molecule has 13 heteroatoms. The van der Waals surface area contributed by atoms with Crippen molar-refractivity contribution in [3.8, 4) is 0 Å². The maximum Gasteiger partial charge on any atom is 0.353 e. The Morgan fingerprint density at radius 2 is 2.30 bits per heavy atom. The summed E-state index contributed by atoms with van der Waals surface area (Å²) in [7, 11) is 1.25. The van der Waals surface area contributed by atoms with Crippen LogP contribution in [-0.2, 0) is 24.0 Å². The van der Waals surface area contributed by atoms with Crippen LogP contribution in [0.3, 0.4) is 0 Å².